The van der Waals surface area contributed by atoms with Crippen LogP contribution in [0.4, 0.5) is 10.8 Å². The van der Waals surface area contributed by atoms with Crippen molar-refractivity contribution < 1.29 is 23.9 Å². The number of nitrogens with one attached hydrogen (secondary N) is 3. The summed E-state index contributed by atoms with van der Waals surface area (Å²) in [6, 6.07) is 5.56. The molecule has 158 valence electrons. The smallest absolute Gasteiger partial charge is 0.357 e. The molecule has 3 N–H and O–H groups in total. The molecule has 10 heteroatoms. The van der Waals surface area contributed by atoms with Crippen LogP contribution in [0.15, 0.2) is 24.3 Å². The minimum atomic E-state index is -1.04. The minimum Gasteiger partial charge on any atom is -0.464 e. The fraction of sp³-hybridized carbons (Fsp3) is 0.350. The third kappa shape index (κ3) is 4.82. The normalized spacial score (nSPS) is 15.7. The van der Waals surface area contributed by atoms with Crippen LogP contribution in [0.25, 0.3) is 0 Å². The second-order valence-electron chi connectivity index (χ2n) is 7.19. The predicted molar refractivity (Wildman–Crippen MR) is 112 cm³/mol. The van der Waals surface area contributed by atoms with Crippen molar-refractivity contribution in [2.45, 2.75) is 32.7 Å². The number of fused-ring (bicyclic) bond motifs is 1. The Morgan fingerprint density at radius 1 is 1.27 bits per heavy atom. The van der Waals surface area contributed by atoms with E-state index < -0.39 is 29.7 Å². The Hall–Kier alpha value is -3.27. The van der Waals surface area contributed by atoms with E-state index in [4.69, 9.17) is 4.74 Å². The number of ether oxygens (including phenoxy) is 1. The summed E-state index contributed by atoms with van der Waals surface area (Å²) in [6.07, 6.45) is 0.329. The number of aromatic nitrogens is 1. The molecular formula is C20H22N4O5S. The van der Waals surface area contributed by atoms with E-state index in [9.17, 15) is 19.2 Å². The number of hydrogen-bond donors (Lipinski definition) is 3. The van der Waals surface area contributed by atoms with Crippen molar-refractivity contribution in [2.24, 2.45) is 5.92 Å². The van der Waals surface area contributed by atoms with E-state index in [1.165, 1.54) is 18.4 Å². The van der Waals surface area contributed by atoms with Crippen molar-refractivity contribution in [1.82, 2.24) is 10.3 Å². The van der Waals surface area contributed by atoms with Crippen LogP contribution in [0.5, 0.6) is 0 Å². The molecule has 0 saturated heterocycles. The molecule has 0 unspecified atom stereocenters. The summed E-state index contributed by atoms with van der Waals surface area (Å²) in [7, 11) is 1.27. The number of methoxy groups -OCH3 is 1. The van der Waals surface area contributed by atoms with Crippen LogP contribution in [-0.2, 0) is 20.7 Å². The summed E-state index contributed by atoms with van der Waals surface area (Å²) in [5.74, 6) is -1.73. The van der Waals surface area contributed by atoms with Gasteiger partial charge in [-0.3, -0.25) is 14.4 Å². The van der Waals surface area contributed by atoms with Crippen LogP contribution < -0.4 is 16.0 Å². The molecule has 0 saturated carbocycles. The molecule has 1 atom stereocenters. The summed E-state index contributed by atoms with van der Waals surface area (Å²) >= 11 is 1.19. The van der Waals surface area contributed by atoms with Gasteiger partial charge < -0.3 is 20.7 Å². The lowest BCUT2D eigenvalue weighted by Gasteiger charge is -2.13. The van der Waals surface area contributed by atoms with Gasteiger partial charge in [-0.1, -0.05) is 26.0 Å². The molecule has 30 heavy (non-hydrogen) atoms. The molecule has 0 bridgehead atoms. The quantitative estimate of drug-likeness (QED) is 0.603. The summed E-state index contributed by atoms with van der Waals surface area (Å²) in [6.45, 7) is 4.01. The number of carbonyl (C=O) groups excluding carboxylic acids is 4. The predicted octanol–water partition coefficient (Wildman–Crippen LogP) is 2.21. The van der Waals surface area contributed by atoms with Gasteiger partial charge in [-0.05, 0) is 24.5 Å². The lowest BCUT2D eigenvalue weighted by Crippen LogP contribution is -2.43. The minimum absolute atomic E-state index is 0.169. The number of nitrogens with zero attached hydrogens (tertiary/aromatic N) is 1. The molecule has 1 aromatic heterocycles. The van der Waals surface area contributed by atoms with Crippen molar-refractivity contribution in [1.29, 1.82) is 0 Å². The lowest BCUT2D eigenvalue weighted by molar-refractivity contribution is -0.122. The highest BCUT2D eigenvalue weighted by Crippen LogP contribution is 2.27. The van der Waals surface area contributed by atoms with Crippen molar-refractivity contribution >= 4 is 45.8 Å². The Bertz CT molecular complexity index is 1000. The summed E-state index contributed by atoms with van der Waals surface area (Å²) in [5, 5.41) is 8.07. The molecule has 3 rings (SSSR count). The number of amides is 3. The molecule has 0 spiro atoms. The van der Waals surface area contributed by atoms with Gasteiger partial charge >= 0.3 is 5.97 Å². The molecule has 0 fully saturated rings. The fourth-order valence-corrected chi connectivity index (χ4v) is 4.16. The number of carbonyl (C=O) groups is 4. The van der Waals surface area contributed by atoms with Gasteiger partial charge in [0.1, 0.15) is 6.04 Å². The van der Waals surface area contributed by atoms with E-state index in [2.05, 4.69) is 20.9 Å². The van der Waals surface area contributed by atoms with E-state index in [1.807, 2.05) is 13.8 Å². The van der Waals surface area contributed by atoms with Crippen molar-refractivity contribution in [3.63, 3.8) is 0 Å². The first kappa shape index (κ1) is 21.4. The Labute approximate surface area is 177 Å². The topological polar surface area (TPSA) is 126 Å². The maximum Gasteiger partial charge on any atom is 0.357 e. The van der Waals surface area contributed by atoms with Gasteiger partial charge in [0.2, 0.25) is 11.8 Å². The van der Waals surface area contributed by atoms with E-state index in [-0.39, 0.29) is 23.2 Å². The number of anilines is 2. The van der Waals surface area contributed by atoms with Crippen molar-refractivity contribution in [2.75, 3.05) is 17.7 Å². The van der Waals surface area contributed by atoms with E-state index in [1.54, 1.807) is 24.3 Å². The Balaban J connectivity index is 1.71. The first-order valence-corrected chi connectivity index (χ1v) is 10.2. The summed E-state index contributed by atoms with van der Waals surface area (Å²) < 4.78 is 4.76. The second-order valence-corrected chi connectivity index (χ2v) is 8.28. The van der Waals surface area contributed by atoms with Gasteiger partial charge in [0.05, 0.1) is 24.8 Å². The third-order valence-electron chi connectivity index (χ3n) is 4.36. The highest BCUT2D eigenvalue weighted by molar-refractivity contribution is 7.16. The van der Waals surface area contributed by atoms with Gasteiger partial charge in [0.15, 0.2) is 10.8 Å². The zero-order valence-electron chi connectivity index (χ0n) is 16.8. The van der Waals surface area contributed by atoms with E-state index in [0.717, 1.165) is 0 Å². The highest BCUT2D eigenvalue weighted by atomic mass is 32.1. The first-order valence-electron chi connectivity index (χ1n) is 9.37. The van der Waals surface area contributed by atoms with Gasteiger partial charge in [-0.2, -0.15) is 0 Å². The maximum absolute atomic E-state index is 12.5. The molecule has 1 aliphatic rings. The maximum atomic E-state index is 12.5. The molecular weight excluding hydrogens is 408 g/mol. The van der Waals surface area contributed by atoms with E-state index in [0.29, 0.717) is 22.5 Å². The van der Waals surface area contributed by atoms with Crippen LogP contribution in [-0.4, -0.2) is 41.8 Å². The molecule has 2 aromatic rings. The zero-order valence-corrected chi connectivity index (χ0v) is 17.6. The Morgan fingerprint density at radius 2 is 2.00 bits per heavy atom. The molecule has 2 heterocycles. The number of hydrogen-bond acceptors (Lipinski definition) is 7. The molecule has 3 amide bonds. The largest absolute Gasteiger partial charge is 0.464 e. The van der Waals surface area contributed by atoms with Gasteiger partial charge in [-0.25, -0.2) is 9.78 Å². The monoisotopic (exact) mass is 430 g/mol. The number of thiazole rings is 1. The second kappa shape index (κ2) is 9.04. The lowest BCUT2D eigenvalue weighted by atomic mass is 10.1. The highest BCUT2D eigenvalue weighted by Gasteiger charge is 2.30. The van der Waals surface area contributed by atoms with Gasteiger partial charge in [0, 0.05) is 4.88 Å². The van der Waals surface area contributed by atoms with Crippen molar-refractivity contribution in [3.8, 4) is 0 Å². The Kier molecular flexibility index (Phi) is 6.46. The number of para-hydroxylation sites is 1. The van der Waals surface area contributed by atoms with Gasteiger partial charge in [-0.15, -0.1) is 11.3 Å². The molecule has 1 aromatic carbocycles. The average Bonchev–Trinajstić information content (AvgIpc) is 3.02. The summed E-state index contributed by atoms with van der Waals surface area (Å²) in [4.78, 5) is 54.2. The van der Waals surface area contributed by atoms with Gasteiger partial charge in [0.25, 0.3) is 5.91 Å². The third-order valence-corrected chi connectivity index (χ3v) is 5.35. The first-order chi connectivity index (χ1) is 14.3. The van der Waals surface area contributed by atoms with Crippen LogP contribution in [0.2, 0.25) is 0 Å². The molecule has 9 nitrogen and oxygen atoms in total. The summed E-state index contributed by atoms with van der Waals surface area (Å²) in [5.41, 5.74) is 0.890. The molecule has 0 radical (unpaired) electrons. The number of esters is 1. The van der Waals surface area contributed by atoms with E-state index >= 15 is 0 Å². The Morgan fingerprint density at radius 3 is 2.70 bits per heavy atom. The molecule has 1 aliphatic heterocycles. The number of rotatable bonds is 6. The van der Waals surface area contributed by atoms with Crippen molar-refractivity contribution in [3.05, 3.63) is 40.4 Å². The fourth-order valence-electron chi connectivity index (χ4n) is 2.98. The zero-order chi connectivity index (χ0) is 21.8. The van der Waals surface area contributed by atoms with Crippen LogP contribution >= 0.6 is 11.3 Å². The van der Waals surface area contributed by atoms with Crippen LogP contribution in [0.1, 0.15) is 46.0 Å². The average molecular weight is 430 g/mol. The molecule has 0 aliphatic carbocycles. The van der Waals surface area contributed by atoms with Crippen LogP contribution in [0, 0.1) is 5.92 Å². The standard InChI is InChI=1S/C20H22N4O5S/c1-10(2)8-14-16(19(28)29-3)24-20(30-14)23-15(25)9-13-18(27)21-12-7-5-4-6-11(12)17(26)22-13/h4-7,10,13H,8-9H2,1-3H3,(H,21,27)(H,22,26)(H,23,24,25)/t13-/m1/s1. The number of benzene rings is 1. The SMILES string of the molecule is COC(=O)c1nc(NC(=O)C[C@H]2NC(=O)c3ccccc3NC2=O)sc1CC(C)C. The van der Waals surface area contributed by atoms with Crippen LogP contribution in [0.3, 0.4) is 0 Å².